The van der Waals surface area contributed by atoms with Gasteiger partial charge in [0.1, 0.15) is 0 Å². The van der Waals surface area contributed by atoms with Gasteiger partial charge in [0.25, 0.3) is 0 Å². The van der Waals surface area contributed by atoms with E-state index in [0.29, 0.717) is 5.92 Å². The molecule has 0 saturated heterocycles. The Bertz CT molecular complexity index is 509. The highest BCUT2D eigenvalue weighted by Crippen LogP contribution is 2.50. The second kappa shape index (κ2) is 4.64. The van der Waals surface area contributed by atoms with Crippen LogP contribution < -0.4 is 0 Å². The first-order valence-corrected chi connectivity index (χ1v) is 7.43. The van der Waals surface area contributed by atoms with Crippen LogP contribution in [-0.4, -0.2) is 6.08 Å². The van der Waals surface area contributed by atoms with Gasteiger partial charge in [0.05, 0.1) is 5.54 Å². The van der Waals surface area contributed by atoms with E-state index in [1.165, 1.54) is 35.7 Å². The second-order valence-corrected chi connectivity index (χ2v) is 6.31. The minimum absolute atomic E-state index is 0.252. The standard InChI is InChI=1S/C15H16BrNO/c16-14-9-12(15(7-8-15)17-10-18)5-6-13(14)11-3-1-2-4-11/h5-6,9,11H,1-4,7-8H2. The quantitative estimate of drug-likeness (QED) is 0.600. The summed E-state index contributed by atoms with van der Waals surface area (Å²) in [6.07, 6.45) is 8.95. The molecule has 3 heteroatoms. The molecule has 0 bridgehead atoms. The van der Waals surface area contributed by atoms with Gasteiger partial charge in [-0.2, -0.15) is 4.99 Å². The van der Waals surface area contributed by atoms with Crippen molar-refractivity contribution in [1.29, 1.82) is 0 Å². The summed E-state index contributed by atoms with van der Waals surface area (Å²) in [6.45, 7) is 0. The molecule has 1 aromatic carbocycles. The van der Waals surface area contributed by atoms with Crippen molar-refractivity contribution in [2.45, 2.75) is 50.0 Å². The second-order valence-electron chi connectivity index (χ2n) is 5.45. The number of hydrogen-bond donors (Lipinski definition) is 0. The summed E-state index contributed by atoms with van der Waals surface area (Å²) in [6, 6.07) is 6.52. The van der Waals surface area contributed by atoms with E-state index in [9.17, 15) is 4.79 Å². The number of nitrogens with zero attached hydrogens (tertiary/aromatic N) is 1. The van der Waals surface area contributed by atoms with E-state index >= 15 is 0 Å². The zero-order chi connectivity index (χ0) is 12.6. The van der Waals surface area contributed by atoms with Gasteiger partial charge in [-0.15, -0.1) is 0 Å². The lowest BCUT2D eigenvalue weighted by molar-refractivity contribution is 0.556. The summed E-state index contributed by atoms with van der Waals surface area (Å²) in [7, 11) is 0. The van der Waals surface area contributed by atoms with E-state index < -0.39 is 0 Å². The normalized spacial score (nSPS) is 21.6. The molecule has 2 nitrogen and oxygen atoms in total. The Morgan fingerprint density at radius 2 is 2.00 bits per heavy atom. The van der Waals surface area contributed by atoms with E-state index in [4.69, 9.17) is 0 Å². The molecule has 18 heavy (non-hydrogen) atoms. The smallest absolute Gasteiger partial charge is 0.211 e. The fraction of sp³-hybridized carbons (Fsp3) is 0.533. The molecule has 2 aliphatic rings. The van der Waals surface area contributed by atoms with Crippen LogP contribution in [0, 0.1) is 0 Å². The van der Waals surface area contributed by atoms with Crippen molar-refractivity contribution in [3.8, 4) is 0 Å². The summed E-state index contributed by atoms with van der Waals surface area (Å²) in [5, 5.41) is 0. The third-order valence-corrected chi connectivity index (χ3v) is 5.00. The molecule has 0 N–H and O–H groups in total. The molecule has 3 rings (SSSR count). The first-order valence-electron chi connectivity index (χ1n) is 6.64. The van der Waals surface area contributed by atoms with Crippen LogP contribution in [0.5, 0.6) is 0 Å². The molecule has 2 fully saturated rings. The lowest BCUT2D eigenvalue weighted by Crippen LogP contribution is -2.03. The van der Waals surface area contributed by atoms with E-state index in [0.717, 1.165) is 18.4 Å². The third kappa shape index (κ3) is 2.06. The largest absolute Gasteiger partial charge is 0.235 e. The maximum absolute atomic E-state index is 10.5. The van der Waals surface area contributed by atoms with Crippen LogP contribution in [0.25, 0.3) is 0 Å². The Hall–Kier alpha value is -0.920. The minimum atomic E-state index is -0.252. The fourth-order valence-electron chi connectivity index (χ4n) is 3.06. The van der Waals surface area contributed by atoms with Gasteiger partial charge in [-0.1, -0.05) is 40.9 Å². The van der Waals surface area contributed by atoms with Crippen molar-refractivity contribution in [1.82, 2.24) is 0 Å². The highest BCUT2D eigenvalue weighted by Gasteiger charge is 2.45. The average molecular weight is 306 g/mol. The molecule has 0 spiro atoms. The highest BCUT2D eigenvalue weighted by molar-refractivity contribution is 9.10. The molecule has 94 valence electrons. The van der Waals surface area contributed by atoms with E-state index in [2.05, 4.69) is 39.1 Å². The molecule has 0 atom stereocenters. The Labute approximate surface area is 116 Å². The van der Waals surface area contributed by atoms with E-state index in [1.54, 1.807) is 6.08 Å². The first-order chi connectivity index (χ1) is 8.75. The summed E-state index contributed by atoms with van der Waals surface area (Å²) in [5.74, 6) is 0.707. The number of rotatable bonds is 3. The predicted molar refractivity (Wildman–Crippen MR) is 74.4 cm³/mol. The Morgan fingerprint density at radius 3 is 2.56 bits per heavy atom. The average Bonchev–Trinajstić information content (AvgIpc) is 2.95. The molecule has 0 unspecified atom stereocenters. The van der Waals surface area contributed by atoms with Crippen LogP contribution in [0.1, 0.15) is 55.6 Å². The Kier molecular flexibility index (Phi) is 3.13. The monoisotopic (exact) mass is 305 g/mol. The zero-order valence-corrected chi connectivity index (χ0v) is 11.9. The molecular formula is C15H16BrNO. The third-order valence-electron chi connectivity index (χ3n) is 4.32. The van der Waals surface area contributed by atoms with Crippen LogP contribution in [0.3, 0.4) is 0 Å². The van der Waals surface area contributed by atoms with Crippen LogP contribution >= 0.6 is 15.9 Å². The number of benzene rings is 1. The fourth-order valence-corrected chi connectivity index (χ4v) is 3.76. The Balaban J connectivity index is 1.91. The lowest BCUT2D eigenvalue weighted by atomic mass is 9.95. The summed E-state index contributed by atoms with van der Waals surface area (Å²) >= 11 is 3.69. The van der Waals surface area contributed by atoms with Gasteiger partial charge in [-0.25, -0.2) is 4.79 Å². The minimum Gasteiger partial charge on any atom is -0.211 e. The van der Waals surface area contributed by atoms with Crippen LogP contribution in [0.2, 0.25) is 0 Å². The molecule has 0 radical (unpaired) electrons. The number of carbonyl (C=O) groups excluding carboxylic acids is 1. The van der Waals surface area contributed by atoms with Crippen molar-refractivity contribution in [2.24, 2.45) is 4.99 Å². The van der Waals surface area contributed by atoms with Gasteiger partial charge < -0.3 is 0 Å². The van der Waals surface area contributed by atoms with Crippen LogP contribution in [0.4, 0.5) is 0 Å². The topological polar surface area (TPSA) is 29.4 Å². The van der Waals surface area contributed by atoms with E-state index in [-0.39, 0.29) is 5.54 Å². The van der Waals surface area contributed by atoms with Crippen molar-refractivity contribution < 1.29 is 4.79 Å². The lowest BCUT2D eigenvalue weighted by Gasteiger charge is -2.15. The van der Waals surface area contributed by atoms with Crippen LogP contribution in [-0.2, 0) is 10.3 Å². The van der Waals surface area contributed by atoms with Gasteiger partial charge in [-0.3, -0.25) is 0 Å². The summed E-state index contributed by atoms with van der Waals surface area (Å²) in [5.41, 5.74) is 2.32. The SMILES string of the molecule is O=C=NC1(c2ccc(C3CCCC3)c(Br)c2)CC1. The zero-order valence-electron chi connectivity index (χ0n) is 10.3. The molecule has 0 aliphatic heterocycles. The highest BCUT2D eigenvalue weighted by atomic mass is 79.9. The van der Waals surface area contributed by atoms with E-state index in [1.807, 2.05) is 0 Å². The van der Waals surface area contributed by atoms with Gasteiger partial charge >= 0.3 is 0 Å². The first kappa shape index (κ1) is 12.1. The molecule has 2 saturated carbocycles. The Morgan fingerprint density at radius 1 is 1.28 bits per heavy atom. The molecular weight excluding hydrogens is 290 g/mol. The predicted octanol–water partition coefficient (Wildman–Crippen LogP) is 4.43. The number of isocyanates is 1. The number of halogens is 1. The van der Waals surface area contributed by atoms with Gasteiger partial charge in [-0.05, 0) is 48.8 Å². The summed E-state index contributed by atoms with van der Waals surface area (Å²) < 4.78 is 1.18. The van der Waals surface area contributed by atoms with Crippen molar-refractivity contribution >= 4 is 22.0 Å². The van der Waals surface area contributed by atoms with Gasteiger partial charge in [0, 0.05) is 4.47 Å². The van der Waals surface area contributed by atoms with Gasteiger partial charge in [0.15, 0.2) is 0 Å². The van der Waals surface area contributed by atoms with Crippen molar-refractivity contribution in [3.63, 3.8) is 0 Å². The van der Waals surface area contributed by atoms with Crippen LogP contribution in [0.15, 0.2) is 27.7 Å². The molecule has 1 aromatic rings. The maximum atomic E-state index is 10.5. The van der Waals surface area contributed by atoms with Crippen molar-refractivity contribution in [3.05, 3.63) is 33.8 Å². The maximum Gasteiger partial charge on any atom is 0.235 e. The molecule has 0 aromatic heterocycles. The molecule has 0 heterocycles. The van der Waals surface area contributed by atoms with Crippen molar-refractivity contribution in [2.75, 3.05) is 0 Å². The van der Waals surface area contributed by atoms with Gasteiger partial charge in [0.2, 0.25) is 6.08 Å². The number of aliphatic imine (C=N–C) groups is 1. The molecule has 2 aliphatic carbocycles. The molecule has 0 amide bonds. The summed E-state index contributed by atoms with van der Waals surface area (Å²) in [4.78, 5) is 14.5. The number of hydrogen-bond acceptors (Lipinski definition) is 2.